The Morgan fingerprint density at radius 3 is 2.13 bits per heavy atom. The summed E-state index contributed by atoms with van der Waals surface area (Å²) in [6.07, 6.45) is -0.00555. The third-order valence-electron chi connectivity index (χ3n) is 1.85. The molecule has 0 radical (unpaired) electrons. The van der Waals surface area contributed by atoms with E-state index in [0.717, 1.165) is 0 Å². The summed E-state index contributed by atoms with van der Waals surface area (Å²) in [4.78, 5) is 0. The van der Waals surface area contributed by atoms with E-state index in [2.05, 4.69) is 0 Å². The molecule has 0 amide bonds. The van der Waals surface area contributed by atoms with E-state index < -0.39 is 0 Å². The predicted octanol–water partition coefficient (Wildman–Crippen LogP) is 2.20. The van der Waals surface area contributed by atoms with E-state index >= 15 is 0 Å². The van der Waals surface area contributed by atoms with Crippen molar-refractivity contribution < 1.29 is 19.3 Å². The Morgan fingerprint density at radius 2 is 1.67 bits per heavy atom. The average Bonchev–Trinajstić information content (AvgIpc) is 2.20. The Bertz CT molecular complexity index is 334. The Kier molecular flexibility index (Phi) is 3.66. The average molecular weight is 212 g/mol. The predicted molar refractivity (Wildman–Crippen MR) is 57.0 cm³/mol. The number of ether oxygens (including phenoxy) is 3. The Morgan fingerprint density at radius 1 is 1.07 bits per heavy atom. The van der Waals surface area contributed by atoms with Gasteiger partial charge in [-0.25, -0.2) is 0 Å². The normalized spacial score (nSPS) is 10.2. The van der Waals surface area contributed by atoms with Gasteiger partial charge in [-0.3, -0.25) is 0 Å². The third kappa shape index (κ3) is 2.46. The van der Waals surface area contributed by atoms with Crippen molar-refractivity contribution in [3.63, 3.8) is 0 Å². The van der Waals surface area contributed by atoms with Gasteiger partial charge in [-0.15, -0.1) is 0 Å². The van der Waals surface area contributed by atoms with Crippen molar-refractivity contribution >= 4 is 0 Å². The van der Waals surface area contributed by atoms with Crippen LogP contribution in [0.5, 0.6) is 23.0 Å². The molecule has 0 aliphatic heterocycles. The summed E-state index contributed by atoms with van der Waals surface area (Å²) >= 11 is 0. The summed E-state index contributed by atoms with van der Waals surface area (Å²) in [6.45, 7) is 3.77. The molecule has 0 spiro atoms. The minimum absolute atomic E-state index is 0.00555. The highest BCUT2D eigenvalue weighted by molar-refractivity contribution is 5.58. The van der Waals surface area contributed by atoms with Crippen LogP contribution in [-0.4, -0.2) is 25.4 Å². The van der Waals surface area contributed by atoms with E-state index in [1.165, 1.54) is 14.2 Å². The molecular formula is C11H16O4. The highest BCUT2D eigenvalue weighted by atomic mass is 16.5. The van der Waals surface area contributed by atoms with E-state index in [1.807, 2.05) is 13.8 Å². The molecule has 1 aromatic rings. The lowest BCUT2D eigenvalue weighted by Gasteiger charge is -2.15. The van der Waals surface area contributed by atoms with Crippen LogP contribution in [0.15, 0.2) is 12.1 Å². The Hall–Kier alpha value is -1.58. The van der Waals surface area contributed by atoms with Crippen LogP contribution >= 0.6 is 0 Å². The number of methoxy groups -OCH3 is 2. The quantitative estimate of drug-likeness (QED) is 0.831. The lowest BCUT2D eigenvalue weighted by atomic mass is 10.2. The lowest BCUT2D eigenvalue weighted by Crippen LogP contribution is -2.06. The van der Waals surface area contributed by atoms with Gasteiger partial charge >= 0.3 is 0 Å². The fourth-order valence-electron chi connectivity index (χ4n) is 1.24. The van der Waals surface area contributed by atoms with Gasteiger partial charge in [-0.2, -0.15) is 0 Å². The minimum atomic E-state index is -0.0365. The number of hydrogen-bond acceptors (Lipinski definition) is 4. The second kappa shape index (κ2) is 4.77. The molecule has 1 aromatic carbocycles. The summed E-state index contributed by atoms with van der Waals surface area (Å²) in [5, 5.41) is 9.82. The highest BCUT2D eigenvalue weighted by Gasteiger charge is 2.15. The van der Waals surface area contributed by atoms with Crippen molar-refractivity contribution in [3.05, 3.63) is 12.1 Å². The van der Waals surface area contributed by atoms with Crippen LogP contribution < -0.4 is 14.2 Å². The van der Waals surface area contributed by atoms with E-state index in [9.17, 15) is 5.11 Å². The first-order valence-corrected chi connectivity index (χ1v) is 4.70. The molecule has 0 bridgehead atoms. The number of hydrogen-bond donors (Lipinski definition) is 1. The maximum atomic E-state index is 9.82. The van der Waals surface area contributed by atoms with Crippen LogP contribution in [0.2, 0.25) is 0 Å². The highest BCUT2D eigenvalue weighted by Crippen LogP contribution is 2.43. The van der Waals surface area contributed by atoms with Gasteiger partial charge in [0.15, 0.2) is 11.5 Å². The molecule has 0 fully saturated rings. The molecular weight excluding hydrogens is 196 g/mol. The van der Waals surface area contributed by atoms with Gasteiger partial charge in [0.1, 0.15) is 0 Å². The molecule has 0 heterocycles. The molecule has 1 rings (SSSR count). The van der Waals surface area contributed by atoms with Gasteiger partial charge < -0.3 is 19.3 Å². The second-order valence-corrected chi connectivity index (χ2v) is 3.31. The first kappa shape index (κ1) is 11.5. The molecule has 0 unspecified atom stereocenters. The zero-order valence-corrected chi connectivity index (χ0v) is 9.40. The summed E-state index contributed by atoms with van der Waals surface area (Å²) < 4.78 is 15.5. The van der Waals surface area contributed by atoms with E-state index in [-0.39, 0.29) is 17.6 Å². The Balaban J connectivity index is 3.11. The number of phenols is 1. The molecule has 0 saturated carbocycles. The minimum Gasteiger partial charge on any atom is -0.502 e. The van der Waals surface area contributed by atoms with Crippen LogP contribution in [0.1, 0.15) is 13.8 Å². The number of rotatable bonds is 4. The van der Waals surface area contributed by atoms with Crippen molar-refractivity contribution in [2.45, 2.75) is 20.0 Å². The topological polar surface area (TPSA) is 47.9 Å². The van der Waals surface area contributed by atoms with Crippen molar-refractivity contribution in [2.24, 2.45) is 0 Å². The van der Waals surface area contributed by atoms with Gasteiger partial charge in [0.05, 0.1) is 20.3 Å². The molecule has 15 heavy (non-hydrogen) atoms. The van der Waals surface area contributed by atoms with Crippen molar-refractivity contribution in [3.8, 4) is 23.0 Å². The van der Waals surface area contributed by atoms with E-state index in [4.69, 9.17) is 14.2 Å². The summed E-state index contributed by atoms with van der Waals surface area (Å²) in [7, 11) is 2.98. The SMILES string of the molecule is COc1ccc(OC(C)C)c(O)c1OC. The first-order chi connectivity index (χ1) is 7.10. The summed E-state index contributed by atoms with van der Waals surface area (Å²) in [5.41, 5.74) is 0. The fraction of sp³-hybridized carbons (Fsp3) is 0.455. The Labute approximate surface area is 89.4 Å². The van der Waals surface area contributed by atoms with Crippen LogP contribution in [0.4, 0.5) is 0 Å². The van der Waals surface area contributed by atoms with Crippen LogP contribution in [-0.2, 0) is 0 Å². The molecule has 0 saturated heterocycles. The zero-order chi connectivity index (χ0) is 11.4. The van der Waals surface area contributed by atoms with Gasteiger partial charge in [0.2, 0.25) is 11.5 Å². The number of benzene rings is 1. The zero-order valence-electron chi connectivity index (χ0n) is 9.40. The molecule has 0 atom stereocenters. The molecule has 0 aliphatic rings. The van der Waals surface area contributed by atoms with E-state index in [0.29, 0.717) is 11.5 Å². The molecule has 84 valence electrons. The molecule has 0 aromatic heterocycles. The third-order valence-corrected chi connectivity index (χ3v) is 1.85. The van der Waals surface area contributed by atoms with Crippen molar-refractivity contribution in [1.29, 1.82) is 0 Å². The second-order valence-electron chi connectivity index (χ2n) is 3.31. The monoisotopic (exact) mass is 212 g/mol. The smallest absolute Gasteiger partial charge is 0.207 e. The van der Waals surface area contributed by atoms with Crippen molar-refractivity contribution in [2.75, 3.05) is 14.2 Å². The van der Waals surface area contributed by atoms with E-state index in [1.54, 1.807) is 12.1 Å². The fourth-order valence-corrected chi connectivity index (χ4v) is 1.24. The molecule has 1 N–H and O–H groups in total. The molecule has 4 nitrogen and oxygen atoms in total. The van der Waals surface area contributed by atoms with Gasteiger partial charge in [-0.05, 0) is 26.0 Å². The van der Waals surface area contributed by atoms with Gasteiger partial charge in [0, 0.05) is 0 Å². The largest absolute Gasteiger partial charge is 0.502 e. The number of aromatic hydroxyl groups is 1. The van der Waals surface area contributed by atoms with Gasteiger partial charge in [-0.1, -0.05) is 0 Å². The van der Waals surface area contributed by atoms with Crippen LogP contribution in [0.25, 0.3) is 0 Å². The summed E-state index contributed by atoms with van der Waals surface area (Å²) in [6, 6.07) is 3.34. The number of phenolic OH excluding ortho intramolecular Hbond substituents is 1. The maximum absolute atomic E-state index is 9.82. The molecule has 4 heteroatoms. The van der Waals surface area contributed by atoms with Crippen molar-refractivity contribution in [1.82, 2.24) is 0 Å². The lowest BCUT2D eigenvalue weighted by molar-refractivity contribution is 0.227. The van der Waals surface area contributed by atoms with Crippen LogP contribution in [0, 0.1) is 0 Å². The molecule has 0 aliphatic carbocycles. The first-order valence-electron chi connectivity index (χ1n) is 4.70. The standard InChI is InChI=1S/C11H16O4/c1-7(2)15-8-5-6-9(13-3)11(14-4)10(8)12/h5-7,12H,1-4H3. The van der Waals surface area contributed by atoms with Crippen LogP contribution in [0.3, 0.4) is 0 Å². The van der Waals surface area contributed by atoms with Gasteiger partial charge in [0.25, 0.3) is 0 Å². The summed E-state index contributed by atoms with van der Waals surface area (Å²) in [5.74, 6) is 1.12. The maximum Gasteiger partial charge on any atom is 0.207 e.